The topological polar surface area (TPSA) is 42.0 Å². The predicted molar refractivity (Wildman–Crippen MR) is 95.4 cm³/mol. The van der Waals surface area contributed by atoms with Gasteiger partial charge in [0.15, 0.2) is 0 Å². The second kappa shape index (κ2) is 7.64. The SMILES string of the molecule is CC(CC(=O)Nc1cccc(CSc2ccccn2)c1)C1CC1. The van der Waals surface area contributed by atoms with Crippen LogP contribution in [0.1, 0.15) is 31.7 Å². The number of hydrogen-bond acceptors (Lipinski definition) is 3. The number of benzene rings is 1. The van der Waals surface area contributed by atoms with Gasteiger partial charge in [-0.3, -0.25) is 4.79 Å². The molecule has 1 unspecified atom stereocenters. The largest absolute Gasteiger partial charge is 0.326 e. The smallest absolute Gasteiger partial charge is 0.224 e. The molecule has 3 rings (SSSR count). The number of anilines is 1. The van der Waals surface area contributed by atoms with Crippen molar-refractivity contribution in [1.82, 2.24) is 4.98 Å². The molecule has 1 amide bonds. The molecule has 1 heterocycles. The summed E-state index contributed by atoms with van der Waals surface area (Å²) in [5, 5.41) is 4.04. The number of pyridine rings is 1. The first-order chi connectivity index (χ1) is 11.2. The highest BCUT2D eigenvalue weighted by Crippen LogP contribution is 2.38. The van der Waals surface area contributed by atoms with Gasteiger partial charge in [0.2, 0.25) is 5.91 Å². The van der Waals surface area contributed by atoms with Crippen LogP contribution in [0.2, 0.25) is 0 Å². The molecule has 1 saturated carbocycles. The lowest BCUT2D eigenvalue weighted by Gasteiger charge is -2.11. The molecule has 1 atom stereocenters. The van der Waals surface area contributed by atoms with E-state index in [1.165, 1.54) is 18.4 Å². The van der Waals surface area contributed by atoms with E-state index in [9.17, 15) is 4.79 Å². The second-order valence-corrected chi connectivity index (χ2v) is 7.22. The van der Waals surface area contributed by atoms with Crippen LogP contribution in [0.5, 0.6) is 0 Å². The van der Waals surface area contributed by atoms with E-state index >= 15 is 0 Å². The van der Waals surface area contributed by atoms with Crippen molar-refractivity contribution < 1.29 is 4.79 Å². The molecule has 0 spiro atoms. The molecule has 0 aliphatic heterocycles. The Hall–Kier alpha value is -1.81. The third kappa shape index (κ3) is 5.10. The number of nitrogens with one attached hydrogen (secondary N) is 1. The Bertz CT molecular complexity index is 655. The maximum absolute atomic E-state index is 12.1. The van der Waals surface area contributed by atoms with E-state index in [-0.39, 0.29) is 5.91 Å². The summed E-state index contributed by atoms with van der Waals surface area (Å²) in [7, 11) is 0. The van der Waals surface area contributed by atoms with Crippen molar-refractivity contribution in [3.8, 4) is 0 Å². The lowest BCUT2D eigenvalue weighted by molar-refractivity contribution is -0.117. The standard InChI is InChI=1S/C19H22N2OS/c1-14(16-8-9-16)11-18(22)21-17-6-4-5-15(12-17)13-23-19-7-2-3-10-20-19/h2-7,10,12,14,16H,8-9,11,13H2,1H3,(H,21,22). The molecule has 1 aromatic heterocycles. The highest BCUT2D eigenvalue weighted by molar-refractivity contribution is 7.98. The molecule has 3 nitrogen and oxygen atoms in total. The van der Waals surface area contributed by atoms with Crippen molar-refractivity contribution in [3.63, 3.8) is 0 Å². The van der Waals surface area contributed by atoms with E-state index in [1.807, 2.05) is 30.3 Å². The van der Waals surface area contributed by atoms with E-state index in [2.05, 4.69) is 29.4 Å². The van der Waals surface area contributed by atoms with Crippen LogP contribution in [0.3, 0.4) is 0 Å². The van der Waals surface area contributed by atoms with Crippen LogP contribution in [-0.4, -0.2) is 10.9 Å². The summed E-state index contributed by atoms with van der Waals surface area (Å²) < 4.78 is 0. The summed E-state index contributed by atoms with van der Waals surface area (Å²) >= 11 is 1.70. The molecule has 4 heteroatoms. The van der Waals surface area contributed by atoms with Crippen molar-refractivity contribution in [1.29, 1.82) is 0 Å². The minimum atomic E-state index is 0.124. The molecular formula is C19H22N2OS. The van der Waals surface area contributed by atoms with Gasteiger partial charge in [-0.2, -0.15) is 0 Å². The number of thioether (sulfide) groups is 1. The van der Waals surface area contributed by atoms with Gasteiger partial charge in [0.05, 0.1) is 5.03 Å². The number of hydrogen-bond donors (Lipinski definition) is 1. The highest BCUT2D eigenvalue weighted by atomic mass is 32.2. The number of amides is 1. The number of rotatable bonds is 7. The maximum Gasteiger partial charge on any atom is 0.224 e. The van der Waals surface area contributed by atoms with Gasteiger partial charge < -0.3 is 5.32 Å². The average Bonchev–Trinajstić information content (AvgIpc) is 3.39. The Morgan fingerprint density at radius 2 is 2.17 bits per heavy atom. The van der Waals surface area contributed by atoms with E-state index in [1.54, 1.807) is 18.0 Å². The summed E-state index contributed by atoms with van der Waals surface area (Å²) in [4.78, 5) is 16.4. The van der Waals surface area contributed by atoms with Crippen LogP contribution in [0, 0.1) is 11.8 Å². The first-order valence-electron chi connectivity index (χ1n) is 8.13. The molecule has 0 saturated heterocycles. The molecule has 23 heavy (non-hydrogen) atoms. The average molecular weight is 326 g/mol. The Morgan fingerprint density at radius 1 is 1.30 bits per heavy atom. The fraction of sp³-hybridized carbons (Fsp3) is 0.368. The van der Waals surface area contributed by atoms with Crippen molar-refractivity contribution in [2.75, 3.05) is 5.32 Å². The zero-order chi connectivity index (χ0) is 16.1. The number of carbonyl (C=O) groups is 1. The minimum Gasteiger partial charge on any atom is -0.326 e. The Morgan fingerprint density at radius 3 is 2.91 bits per heavy atom. The van der Waals surface area contributed by atoms with Gasteiger partial charge in [0.1, 0.15) is 0 Å². The van der Waals surface area contributed by atoms with Gasteiger partial charge in [0, 0.05) is 24.1 Å². The zero-order valence-electron chi connectivity index (χ0n) is 13.4. The molecule has 120 valence electrons. The zero-order valence-corrected chi connectivity index (χ0v) is 14.2. The fourth-order valence-corrected chi connectivity index (χ4v) is 3.47. The van der Waals surface area contributed by atoms with Crippen LogP contribution in [0.25, 0.3) is 0 Å². The van der Waals surface area contributed by atoms with Crippen molar-refractivity contribution in [2.45, 2.75) is 37.0 Å². The Labute approximate surface area is 141 Å². The minimum absolute atomic E-state index is 0.124. The van der Waals surface area contributed by atoms with Crippen LogP contribution in [-0.2, 0) is 10.5 Å². The van der Waals surface area contributed by atoms with Crippen LogP contribution in [0.15, 0.2) is 53.7 Å². The van der Waals surface area contributed by atoms with E-state index in [0.717, 1.165) is 22.4 Å². The molecule has 1 aromatic carbocycles. The lowest BCUT2D eigenvalue weighted by atomic mass is 10.0. The van der Waals surface area contributed by atoms with E-state index < -0.39 is 0 Å². The summed E-state index contributed by atoms with van der Waals surface area (Å²) in [5.74, 6) is 2.23. The maximum atomic E-state index is 12.1. The van der Waals surface area contributed by atoms with E-state index in [0.29, 0.717) is 12.3 Å². The van der Waals surface area contributed by atoms with Gasteiger partial charge in [-0.25, -0.2) is 4.98 Å². The number of aromatic nitrogens is 1. The first kappa shape index (κ1) is 16.1. The quantitative estimate of drug-likeness (QED) is 0.747. The highest BCUT2D eigenvalue weighted by Gasteiger charge is 2.29. The molecule has 1 fully saturated rings. The van der Waals surface area contributed by atoms with Crippen LogP contribution < -0.4 is 5.32 Å². The fourth-order valence-electron chi connectivity index (χ4n) is 2.66. The monoisotopic (exact) mass is 326 g/mol. The molecule has 1 aliphatic rings. The third-order valence-electron chi connectivity index (χ3n) is 4.17. The molecule has 2 aromatic rings. The first-order valence-corrected chi connectivity index (χ1v) is 9.12. The van der Waals surface area contributed by atoms with Gasteiger partial charge in [0.25, 0.3) is 0 Å². The van der Waals surface area contributed by atoms with Crippen LogP contribution >= 0.6 is 11.8 Å². The molecule has 1 N–H and O–H groups in total. The third-order valence-corrected chi connectivity index (χ3v) is 5.18. The number of carbonyl (C=O) groups excluding carboxylic acids is 1. The second-order valence-electron chi connectivity index (χ2n) is 6.22. The lowest BCUT2D eigenvalue weighted by Crippen LogP contribution is -2.16. The van der Waals surface area contributed by atoms with E-state index in [4.69, 9.17) is 0 Å². The van der Waals surface area contributed by atoms with Crippen molar-refractivity contribution >= 4 is 23.4 Å². The molecule has 0 bridgehead atoms. The summed E-state index contributed by atoms with van der Waals surface area (Å²) in [6.07, 6.45) is 5.00. The van der Waals surface area contributed by atoms with Gasteiger partial charge in [-0.05, 0) is 54.5 Å². The normalized spacial score (nSPS) is 15.2. The van der Waals surface area contributed by atoms with Crippen LogP contribution in [0.4, 0.5) is 5.69 Å². The summed E-state index contributed by atoms with van der Waals surface area (Å²) in [5.41, 5.74) is 2.07. The van der Waals surface area contributed by atoms with Gasteiger partial charge >= 0.3 is 0 Å². The predicted octanol–water partition coefficient (Wildman–Crippen LogP) is 4.75. The van der Waals surface area contributed by atoms with Crippen molar-refractivity contribution in [3.05, 3.63) is 54.2 Å². The molecular weight excluding hydrogens is 304 g/mol. The molecule has 0 radical (unpaired) electrons. The van der Waals surface area contributed by atoms with Gasteiger partial charge in [-0.1, -0.05) is 25.1 Å². The Balaban J connectivity index is 1.53. The summed E-state index contributed by atoms with van der Waals surface area (Å²) in [6.45, 7) is 2.18. The molecule has 1 aliphatic carbocycles. The van der Waals surface area contributed by atoms with Gasteiger partial charge in [-0.15, -0.1) is 11.8 Å². The Kier molecular flexibility index (Phi) is 5.34. The summed E-state index contributed by atoms with van der Waals surface area (Å²) in [6, 6.07) is 14.0. The number of nitrogens with zero attached hydrogens (tertiary/aromatic N) is 1. The van der Waals surface area contributed by atoms with Crippen molar-refractivity contribution in [2.24, 2.45) is 11.8 Å².